The number of rotatable bonds is 6. The van der Waals surface area contributed by atoms with E-state index in [-0.39, 0.29) is 0 Å². The molecule has 0 spiro atoms. The van der Waals surface area contributed by atoms with Crippen LogP contribution in [-0.2, 0) is 0 Å². The Labute approximate surface area is 294 Å². The molecule has 240 valence electrons. The Kier molecular flexibility index (Phi) is 6.78. The summed E-state index contributed by atoms with van der Waals surface area (Å²) in [6, 6.07) is 63.5. The lowest BCUT2D eigenvalue weighted by Crippen LogP contribution is -2.09. The van der Waals surface area contributed by atoms with E-state index in [1.54, 1.807) is 0 Å². The minimum Gasteiger partial charge on any atom is -0.456 e. The van der Waals surface area contributed by atoms with E-state index in [1.165, 1.54) is 16.5 Å². The third kappa shape index (κ3) is 5.04. The smallest absolute Gasteiger partial charge is 0.227 e. The molecule has 0 atom stereocenters. The van der Waals surface area contributed by atoms with Crippen molar-refractivity contribution in [3.8, 4) is 33.7 Å². The van der Waals surface area contributed by atoms with Crippen LogP contribution >= 0.6 is 0 Å². The van der Waals surface area contributed by atoms with Gasteiger partial charge in [-0.2, -0.15) is 0 Å². The van der Waals surface area contributed by atoms with Crippen molar-refractivity contribution in [2.24, 2.45) is 0 Å². The summed E-state index contributed by atoms with van der Waals surface area (Å²) in [5, 5.41) is 4.40. The fraction of sp³-hybridized carbons (Fsp3) is 0. The van der Waals surface area contributed by atoms with E-state index >= 15 is 0 Å². The molecule has 0 aliphatic carbocycles. The van der Waals surface area contributed by atoms with E-state index in [2.05, 4.69) is 144 Å². The van der Waals surface area contributed by atoms with Crippen LogP contribution in [-0.4, -0.2) is 4.98 Å². The first-order chi connectivity index (χ1) is 25.3. The van der Waals surface area contributed by atoms with Gasteiger partial charge in [0, 0.05) is 39.0 Å². The summed E-state index contributed by atoms with van der Waals surface area (Å²) in [5.41, 5.74) is 12.1. The number of oxazole rings is 1. The minimum absolute atomic E-state index is 0.594. The molecular weight excluding hydrogens is 625 g/mol. The zero-order valence-corrected chi connectivity index (χ0v) is 27.5. The fourth-order valence-electron chi connectivity index (χ4n) is 7.27. The maximum absolute atomic E-state index is 6.53. The Hall–Kier alpha value is -6.91. The largest absolute Gasteiger partial charge is 0.456 e. The monoisotopic (exact) mass is 654 g/mol. The summed E-state index contributed by atoms with van der Waals surface area (Å²) in [5.74, 6) is 0.594. The second kappa shape index (κ2) is 11.9. The van der Waals surface area contributed by atoms with Gasteiger partial charge in [0.05, 0.1) is 0 Å². The van der Waals surface area contributed by atoms with Crippen LogP contribution in [0.25, 0.3) is 77.5 Å². The zero-order chi connectivity index (χ0) is 33.7. The van der Waals surface area contributed by atoms with Crippen LogP contribution in [0.5, 0.6) is 0 Å². The number of benzene rings is 8. The van der Waals surface area contributed by atoms with Crippen LogP contribution < -0.4 is 4.90 Å². The molecule has 4 nitrogen and oxygen atoms in total. The first kappa shape index (κ1) is 29.0. The summed E-state index contributed by atoms with van der Waals surface area (Å²) < 4.78 is 12.7. The highest BCUT2D eigenvalue weighted by atomic mass is 16.3. The van der Waals surface area contributed by atoms with E-state index in [9.17, 15) is 0 Å². The molecule has 2 heterocycles. The number of para-hydroxylation sites is 3. The van der Waals surface area contributed by atoms with Gasteiger partial charge in [-0.05, 0) is 100 Å². The van der Waals surface area contributed by atoms with Crippen LogP contribution in [0.3, 0.4) is 0 Å². The van der Waals surface area contributed by atoms with Gasteiger partial charge in [0.1, 0.15) is 16.7 Å². The normalized spacial score (nSPS) is 11.5. The molecule has 0 bridgehead atoms. The number of furan rings is 1. The number of fused-ring (bicyclic) bond motifs is 5. The van der Waals surface area contributed by atoms with Gasteiger partial charge in [0.2, 0.25) is 5.89 Å². The van der Waals surface area contributed by atoms with Crippen molar-refractivity contribution >= 4 is 60.9 Å². The van der Waals surface area contributed by atoms with Crippen LogP contribution in [0.2, 0.25) is 0 Å². The third-order valence-corrected chi connectivity index (χ3v) is 9.68. The highest BCUT2D eigenvalue weighted by molar-refractivity contribution is 6.21. The minimum atomic E-state index is 0.594. The Balaban J connectivity index is 1.11. The Morgan fingerprint density at radius 2 is 1.00 bits per heavy atom. The molecule has 51 heavy (non-hydrogen) atoms. The highest BCUT2D eigenvalue weighted by Gasteiger charge is 2.19. The van der Waals surface area contributed by atoms with Gasteiger partial charge in [-0.3, -0.25) is 0 Å². The molecule has 0 unspecified atom stereocenters. The molecule has 0 saturated heterocycles. The summed E-state index contributed by atoms with van der Waals surface area (Å²) >= 11 is 0. The van der Waals surface area contributed by atoms with Gasteiger partial charge >= 0.3 is 0 Å². The summed E-state index contributed by atoms with van der Waals surface area (Å²) in [4.78, 5) is 7.08. The molecule has 0 radical (unpaired) electrons. The first-order valence-corrected chi connectivity index (χ1v) is 17.1. The van der Waals surface area contributed by atoms with Gasteiger partial charge < -0.3 is 13.7 Å². The lowest BCUT2D eigenvalue weighted by atomic mass is 9.93. The lowest BCUT2D eigenvalue weighted by Gasteiger charge is -2.26. The molecule has 0 amide bonds. The quantitative estimate of drug-likeness (QED) is 0.179. The van der Waals surface area contributed by atoms with E-state index in [4.69, 9.17) is 13.8 Å². The molecule has 0 aliphatic rings. The van der Waals surface area contributed by atoms with Crippen molar-refractivity contribution < 1.29 is 8.83 Å². The number of hydrogen-bond acceptors (Lipinski definition) is 4. The van der Waals surface area contributed by atoms with E-state index in [0.29, 0.717) is 5.89 Å². The van der Waals surface area contributed by atoms with Crippen molar-refractivity contribution in [2.45, 2.75) is 0 Å². The topological polar surface area (TPSA) is 42.4 Å². The average Bonchev–Trinajstić information content (AvgIpc) is 3.80. The molecular formula is C47H30N2O2. The summed E-state index contributed by atoms with van der Waals surface area (Å²) in [6.45, 7) is 0. The average molecular weight is 655 g/mol. The maximum Gasteiger partial charge on any atom is 0.227 e. The van der Waals surface area contributed by atoms with E-state index in [0.717, 1.165) is 72.2 Å². The predicted octanol–water partition coefficient (Wildman–Crippen LogP) is 13.4. The number of aromatic nitrogens is 1. The number of nitrogens with zero attached hydrogens (tertiary/aromatic N) is 2. The SMILES string of the molecule is c1ccc(-c2ccc(N(c3ccccc3)c3ccc(-c4c5ccccc5cc5oc6ccc(-c7nc8ccccc8o7)cc6c45)cc3)cc2)cc1. The first-order valence-electron chi connectivity index (χ1n) is 17.1. The van der Waals surface area contributed by atoms with Crippen LogP contribution in [0.15, 0.2) is 191 Å². The van der Waals surface area contributed by atoms with Gasteiger partial charge in [-0.1, -0.05) is 109 Å². The number of hydrogen-bond donors (Lipinski definition) is 0. The van der Waals surface area contributed by atoms with Crippen LogP contribution in [0.4, 0.5) is 17.1 Å². The molecule has 4 heteroatoms. The van der Waals surface area contributed by atoms with Crippen molar-refractivity contribution in [3.63, 3.8) is 0 Å². The lowest BCUT2D eigenvalue weighted by molar-refractivity contribution is 0.620. The maximum atomic E-state index is 6.53. The van der Waals surface area contributed by atoms with Crippen molar-refractivity contribution in [2.75, 3.05) is 4.90 Å². The Morgan fingerprint density at radius 1 is 0.392 bits per heavy atom. The molecule has 8 aromatic carbocycles. The second-order valence-electron chi connectivity index (χ2n) is 12.8. The molecule has 0 saturated carbocycles. The molecule has 2 aromatic heterocycles. The summed E-state index contributed by atoms with van der Waals surface area (Å²) in [6.07, 6.45) is 0. The molecule has 10 rings (SSSR count). The zero-order valence-electron chi connectivity index (χ0n) is 27.5. The van der Waals surface area contributed by atoms with Gasteiger partial charge in [-0.15, -0.1) is 0 Å². The molecule has 0 aliphatic heterocycles. The number of anilines is 3. The van der Waals surface area contributed by atoms with Gasteiger partial charge in [0.25, 0.3) is 0 Å². The molecule has 10 aromatic rings. The molecule has 0 N–H and O–H groups in total. The predicted molar refractivity (Wildman–Crippen MR) is 210 cm³/mol. The van der Waals surface area contributed by atoms with Crippen molar-refractivity contribution in [1.29, 1.82) is 0 Å². The van der Waals surface area contributed by atoms with Crippen LogP contribution in [0, 0.1) is 0 Å². The third-order valence-electron chi connectivity index (χ3n) is 9.68. The molecule has 0 fully saturated rings. The van der Waals surface area contributed by atoms with Crippen LogP contribution in [0.1, 0.15) is 0 Å². The Morgan fingerprint density at radius 3 is 1.76 bits per heavy atom. The van der Waals surface area contributed by atoms with E-state index < -0.39 is 0 Å². The van der Waals surface area contributed by atoms with Crippen molar-refractivity contribution in [3.05, 3.63) is 182 Å². The van der Waals surface area contributed by atoms with E-state index in [1.807, 2.05) is 42.5 Å². The van der Waals surface area contributed by atoms with Crippen molar-refractivity contribution in [1.82, 2.24) is 4.98 Å². The summed E-state index contributed by atoms with van der Waals surface area (Å²) in [7, 11) is 0. The van der Waals surface area contributed by atoms with Gasteiger partial charge in [-0.25, -0.2) is 4.98 Å². The standard InChI is InChI=1S/C47H30N2O2/c1-3-11-31(12-4-1)32-19-24-37(25-20-32)49(36-14-5-2-6-15-36)38-26-21-33(22-27-38)45-39-16-8-7-13-34(39)30-44-46(45)40-29-35(23-28-42(40)50-44)47-48-41-17-9-10-18-43(41)51-47/h1-30H. The fourth-order valence-corrected chi connectivity index (χ4v) is 7.27. The highest BCUT2D eigenvalue weighted by Crippen LogP contribution is 2.44. The van der Waals surface area contributed by atoms with Gasteiger partial charge in [0.15, 0.2) is 5.58 Å². The second-order valence-corrected chi connectivity index (χ2v) is 12.8. The Bertz CT molecular complexity index is 2800.